The van der Waals surface area contributed by atoms with Crippen molar-refractivity contribution in [1.82, 2.24) is 0 Å². The molecule has 0 N–H and O–H groups in total. The molecule has 3 saturated carbocycles. The molecule has 0 amide bonds. The van der Waals surface area contributed by atoms with Crippen LogP contribution in [0.1, 0.15) is 95.3 Å². The fourth-order valence-corrected chi connectivity index (χ4v) is 9.48. The van der Waals surface area contributed by atoms with E-state index in [1.165, 1.54) is 31.3 Å². The number of cyclic esters (lactones) is 1. The molecular weight excluding hydrogens is 436 g/mol. The number of fused-ring (bicyclic) bond motifs is 5. The van der Waals surface area contributed by atoms with Gasteiger partial charge in [0, 0.05) is 18.8 Å². The Morgan fingerprint density at radius 2 is 1.77 bits per heavy atom. The Kier molecular flexibility index (Phi) is 5.47. The highest BCUT2D eigenvalue weighted by Crippen LogP contribution is 2.68. The first-order chi connectivity index (χ1) is 16.7. The van der Waals surface area contributed by atoms with Gasteiger partial charge in [-0.1, -0.05) is 43.7 Å². The topological polar surface area (TPSA) is 52.6 Å². The molecule has 1 aromatic carbocycles. The van der Waals surface area contributed by atoms with Gasteiger partial charge in [-0.25, -0.2) is 4.79 Å². The molecule has 4 nitrogen and oxygen atoms in total. The fourth-order valence-electron chi connectivity index (χ4n) is 9.48. The lowest BCUT2D eigenvalue weighted by molar-refractivity contribution is -0.158. The predicted molar refractivity (Wildman–Crippen MR) is 135 cm³/mol. The minimum Gasteiger partial charge on any atom is -0.459 e. The van der Waals surface area contributed by atoms with Crippen molar-refractivity contribution in [1.29, 1.82) is 0 Å². The van der Waals surface area contributed by atoms with Gasteiger partial charge in [-0.3, -0.25) is 4.79 Å². The summed E-state index contributed by atoms with van der Waals surface area (Å²) in [5.74, 6) is 2.43. The molecule has 1 heterocycles. The van der Waals surface area contributed by atoms with Crippen molar-refractivity contribution in [2.24, 2.45) is 34.5 Å². The van der Waals surface area contributed by atoms with Crippen LogP contribution in [0.25, 0.3) is 0 Å². The van der Waals surface area contributed by atoms with Gasteiger partial charge >= 0.3 is 11.9 Å². The van der Waals surface area contributed by atoms with E-state index in [2.05, 4.69) is 26.8 Å². The highest BCUT2D eigenvalue weighted by atomic mass is 16.6. The number of carbonyl (C=O) groups is 2. The molecule has 4 fully saturated rings. The van der Waals surface area contributed by atoms with Crippen molar-refractivity contribution in [2.45, 2.75) is 96.7 Å². The highest BCUT2D eigenvalue weighted by Gasteiger charge is 2.63. The lowest BCUT2D eigenvalue weighted by atomic mass is 9.46. The Morgan fingerprint density at radius 1 is 0.971 bits per heavy atom. The van der Waals surface area contributed by atoms with Gasteiger partial charge in [-0.15, -0.1) is 0 Å². The zero-order valence-electron chi connectivity index (χ0n) is 21.6. The number of esters is 2. The lowest BCUT2D eigenvalue weighted by Crippen LogP contribution is -2.53. The summed E-state index contributed by atoms with van der Waals surface area (Å²) in [4.78, 5) is 24.7. The van der Waals surface area contributed by atoms with Crippen LogP contribution in [0.4, 0.5) is 0 Å². The number of ether oxygens (including phenoxy) is 2. The zero-order chi connectivity index (χ0) is 24.4. The van der Waals surface area contributed by atoms with Crippen LogP contribution in [-0.2, 0) is 14.3 Å². The Labute approximate surface area is 209 Å². The summed E-state index contributed by atoms with van der Waals surface area (Å²) < 4.78 is 11.9. The Bertz CT molecular complexity index is 1050. The van der Waals surface area contributed by atoms with Crippen LogP contribution in [0.15, 0.2) is 42.0 Å². The van der Waals surface area contributed by atoms with Gasteiger partial charge in [0.1, 0.15) is 11.7 Å². The summed E-state index contributed by atoms with van der Waals surface area (Å²) in [6, 6.07) is 9.37. The van der Waals surface area contributed by atoms with E-state index in [1.807, 2.05) is 30.3 Å². The van der Waals surface area contributed by atoms with Gasteiger partial charge in [0.05, 0.1) is 5.56 Å². The predicted octanol–water partition coefficient (Wildman–Crippen LogP) is 6.89. The molecule has 35 heavy (non-hydrogen) atoms. The number of allylic oxidation sites excluding steroid dienone is 1. The molecule has 1 saturated heterocycles. The van der Waals surface area contributed by atoms with Crippen LogP contribution < -0.4 is 0 Å². The molecule has 4 heteroatoms. The summed E-state index contributed by atoms with van der Waals surface area (Å²) in [7, 11) is 0. The van der Waals surface area contributed by atoms with E-state index >= 15 is 0 Å². The molecule has 4 aliphatic carbocycles. The average molecular weight is 477 g/mol. The summed E-state index contributed by atoms with van der Waals surface area (Å²) in [5.41, 5.74) is 2.40. The van der Waals surface area contributed by atoms with Crippen molar-refractivity contribution in [2.75, 3.05) is 0 Å². The lowest BCUT2D eigenvalue weighted by Gasteiger charge is -2.59. The fraction of sp³-hybridized carbons (Fsp3) is 0.677. The van der Waals surface area contributed by atoms with Crippen molar-refractivity contribution in [3.63, 3.8) is 0 Å². The van der Waals surface area contributed by atoms with Gasteiger partial charge < -0.3 is 9.47 Å². The molecule has 188 valence electrons. The largest absolute Gasteiger partial charge is 0.459 e. The van der Waals surface area contributed by atoms with Crippen LogP contribution in [0, 0.1) is 34.5 Å². The maximum absolute atomic E-state index is 12.7. The van der Waals surface area contributed by atoms with Crippen LogP contribution in [0.2, 0.25) is 0 Å². The maximum Gasteiger partial charge on any atom is 0.338 e. The quantitative estimate of drug-likeness (QED) is 0.352. The van der Waals surface area contributed by atoms with Crippen LogP contribution in [0.3, 0.4) is 0 Å². The van der Waals surface area contributed by atoms with Gasteiger partial charge in [0.25, 0.3) is 0 Å². The first-order valence-corrected chi connectivity index (χ1v) is 13.9. The smallest absolute Gasteiger partial charge is 0.338 e. The van der Waals surface area contributed by atoms with Gasteiger partial charge in [0.15, 0.2) is 0 Å². The molecule has 1 aromatic rings. The van der Waals surface area contributed by atoms with Crippen LogP contribution in [-0.4, -0.2) is 23.6 Å². The molecule has 0 spiro atoms. The SMILES string of the molecule is C[C@]12CC[C@H]3[C@@H](CC=C4C[C@@H](OC(=O)c5ccccc5)CC[C@@]43C)[C@@H]1CC[C@@H]2[C@]1(C)CCC(=O)O1. The minimum atomic E-state index is -0.270. The van der Waals surface area contributed by atoms with E-state index in [0.29, 0.717) is 29.7 Å². The molecule has 0 aromatic heterocycles. The number of benzene rings is 1. The average Bonchev–Trinajstić information content (AvgIpc) is 3.39. The molecule has 0 bridgehead atoms. The highest BCUT2D eigenvalue weighted by molar-refractivity contribution is 5.89. The normalized spacial score (nSPS) is 44.5. The molecular formula is C31H40O4. The molecule has 8 atom stereocenters. The molecule has 0 radical (unpaired) electrons. The van der Waals surface area contributed by atoms with E-state index in [4.69, 9.17) is 9.47 Å². The molecule has 1 aliphatic heterocycles. The van der Waals surface area contributed by atoms with E-state index in [1.54, 1.807) is 0 Å². The Balaban J connectivity index is 1.19. The van der Waals surface area contributed by atoms with Crippen LogP contribution >= 0.6 is 0 Å². The molecule has 5 aliphatic rings. The summed E-state index contributed by atoms with van der Waals surface area (Å²) in [6.45, 7) is 7.23. The molecule has 0 unspecified atom stereocenters. The third-order valence-electron chi connectivity index (χ3n) is 11.3. The van der Waals surface area contributed by atoms with Gasteiger partial charge in [-0.2, -0.15) is 0 Å². The standard InChI is InChI=1S/C31H40O4/c1-29-16-13-22(34-28(33)20-7-5-4-6-8-20)19-21(29)9-10-23-24-11-12-26(30(24,2)17-14-25(23)29)31(3)18-15-27(32)35-31/h4-9,22-26H,10-19H2,1-3H3/t22-,23-,24-,25-,26-,29-,30-,31-/m0/s1. The Hall–Kier alpha value is -2.10. The minimum absolute atomic E-state index is 0.00397. The molecule has 6 rings (SSSR count). The van der Waals surface area contributed by atoms with E-state index in [9.17, 15) is 9.59 Å². The van der Waals surface area contributed by atoms with Gasteiger partial charge in [-0.05, 0) is 99.0 Å². The van der Waals surface area contributed by atoms with Crippen LogP contribution in [0.5, 0.6) is 0 Å². The van der Waals surface area contributed by atoms with E-state index < -0.39 is 0 Å². The Morgan fingerprint density at radius 3 is 2.51 bits per heavy atom. The van der Waals surface area contributed by atoms with E-state index in [-0.39, 0.29) is 34.5 Å². The van der Waals surface area contributed by atoms with Crippen molar-refractivity contribution in [3.05, 3.63) is 47.5 Å². The monoisotopic (exact) mass is 476 g/mol. The maximum atomic E-state index is 12.7. The summed E-state index contributed by atoms with van der Waals surface area (Å²) >= 11 is 0. The number of carbonyl (C=O) groups excluding carboxylic acids is 2. The number of rotatable bonds is 3. The first-order valence-electron chi connectivity index (χ1n) is 13.9. The van der Waals surface area contributed by atoms with Crippen molar-refractivity contribution in [3.8, 4) is 0 Å². The second-order valence-electron chi connectivity index (χ2n) is 12.9. The van der Waals surface area contributed by atoms with Crippen molar-refractivity contribution < 1.29 is 19.1 Å². The first kappa shape index (κ1) is 23.3. The van der Waals surface area contributed by atoms with Crippen molar-refractivity contribution >= 4 is 11.9 Å². The third kappa shape index (κ3) is 3.61. The third-order valence-corrected chi connectivity index (χ3v) is 11.3. The van der Waals surface area contributed by atoms with Gasteiger partial charge in [0.2, 0.25) is 0 Å². The summed E-state index contributed by atoms with van der Waals surface area (Å²) in [5, 5.41) is 0. The number of hydrogen-bond acceptors (Lipinski definition) is 4. The second kappa shape index (κ2) is 8.21. The summed E-state index contributed by atoms with van der Waals surface area (Å²) in [6.07, 6.45) is 13.0. The zero-order valence-corrected chi connectivity index (χ0v) is 21.6. The number of hydrogen-bond donors (Lipinski definition) is 0. The van der Waals surface area contributed by atoms with E-state index in [0.717, 1.165) is 38.0 Å². The second-order valence-corrected chi connectivity index (χ2v) is 12.9.